The maximum atomic E-state index is 13.3. The van der Waals surface area contributed by atoms with Crippen LogP contribution < -0.4 is 5.32 Å². The first-order valence-corrected chi connectivity index (χ1v) is 7.56. The van der Waals surface area contributed by atoms with Crippen LogP contribution in [0.3, 0.4) is 0 Å². The van der Waals surface area contributed by atoms with Gasteiger partial charge in [0.1, 0.15) is 11.5 Å². The molecule has 1 unspecified atom stereocenters. The second kappa shape index (κ2) is 6.80. The minimum Gasteiger partial charge on any atom is -0.309 e. The molecule has 2 aromatic rings. The Morgan fingerprint density at radius 2 is 2.05 bits per heavy atom. The number of aryl methyl sites for hydroxylation is 1. The van der Waals surface area contributed by atoms with Gasteiger partial charge in [-0.25, -0.2) is 9.07 Å². The molecule has 0 saturated carbocycles. The van der Waals surface area contributed by atoms with Crippen LogP contribution in [-0.4, -0.2) is 21.5 Å². The average molecular weight is 290 g/mol. The van der Waals surface area contributed by atoms with Crippen LogP contribution in [0.25, 0.3) is 5.69 Å². The van der Waals surface area contributed by atoms with E-state index in [0.717, 1.165) is 42.0 Å². The molecular weight excluding hydrogens is 267 g/mol. The van der Waals surface area contributed by atoms with Crippen LogP contribution in [0.1, 0.15) is 50.2 Å². The van der Waals surface area contributed by atoms with Gasteiger partial charge in [-0.1, -0.05) is 26.0 Å². The van der Waals surface area contributed by atoms with E-state index >= 15 is 0 Å². The van der Waals surface area contributed by atoms with Gasteiger partial charge in [0.05, 0.1) is 17.4 Å². The molecule has 1 aromatic carbocycles. The van der Waals surface area contributed by atoms with Crippen LogP contribution in [0.5, 0.6) is 0 Å². The van der Waals surface area contributed by atoms with Crippen LogP contribution in [-0.2, 0) is 6.42 Å². The maximum Gasteiger partial charge on any atom is 0.123 e. The van der Waals surface area contributed by atoms with Crippen LogP contribution in [0.2, 0.25) is 0 Å². The van der Waals surface area contributed by atoms with Gasteiger partial charge in [0.2, 0.25) is 0 Å². The number of benzene rings is 1. The van der Waals surface area contributed by atoms with Gasteiger partial charge >= 0.3 is 0 Å². The predicted octanol–water partition coefficient (Wildman–Crippen LogP) is 3.34. The maximum absolute atomic E-state index is 13.3. The third kappa shape index (κ3) is 3.13. The molecule has 21 heavy (non-hydrogen) atoms. The number of halogens is 1. The minimum absolute atomic E-state index is 0.208. The fraction of sp³-hybridized carbons (Fsp3) is 0.500. The topological polar surface area (TPSA) is 42.7 Å². The van der Waals surface area contributed by atoms with E-state index < -0.39 is 0 Å². The van der Waals surface area contributed by atoms with Gasteiger partial charge in [0.15, 0.2) is 0 Å². The lowest BCUT2D eigenvalue weighted by Gasteiger charge is -2.15. The van der Waals surface area contributed by atoms with Crippen LogP contribution >= 0.6 is 0 Å². The quantitative estimate of drug-likeness (QED) is 0.887. The highest BCUT2D eigenvalue weighted by atomic mass is 19.1. The predicted molar refractivity (Wildman–Crippen MR) is 82.1 cm³/mol. The van der Waals surface area contributed by atoms with Gasteiger partial charge in [-0.05, 0) is 50.1 Å². The minimum atomic E-state index is -0.228. The monoisotopic (exact) mass is 290 g/mol. The third-order valence-corrected chi connectivity index (χ3v) is 3.70. The summed E-state index contributed by atoms with van der Waals surface area (Å²) in [6.07, 6.45) is 1.79. The molecule has 1 aromatic heterocycles. The summed E-state index contributed by atoms with van der Waals surface area (Å²) in [4.78, 5) is 0. The third-order valence-electron chi connectivity index (χ3n) is 3.70. The zero-order valence-corrected chi connectivity index (χ0v) is 13.2. The summed E-state index contributed by atoms with van der Waals surface area (Å²) in [6.45, 7) is 9.10. The average Bonchev–Trinajstić information content (AvgIpc) is 2.88. The Labute approximate surface area is 125 Å². The molecule has 0 spiro atoms. The first-order valence-electron chi connectivity index (χ1n) is 7.56. The van der Waals surface area contributed by atoms with Crippen molar-refractivity contribution in [3.8, 4) is 5.69 Å². The summed E-state index contributed by atoms with van der Waals surface area (Å²) >= 11 is 0. The van der Waals surface area contributed by atoms with Crippen molar-refractivity contribution >= 4 is 0 Å². The van der Waals surface area contributed by atoms with Crippen LogP contribution in [0.4, 0.5) is 4.39 Å². The van der Waals surface area contributed by atoms with Gasteiger partial charge in [-0.2, -0.15) is 0 Å². The Balaban J connectivity index is 2.48. The normalized spacial score (nSPS) is 12.6. The summed E-state index contributed by atoms with van der Waals surface area (Å²) in [7, 11) is 0. The summed E-state index contributed by atoms with van der Waals surface area (Å²) in [6, 6.07) is 4.96. The smallest absolute Gasteiger partial charge is 0.123 e. The Morgan fingerprint density at radius 1 is 1.29 bits per heavy atom. The van der Waals surface area contributed by atoms with Crippen molar-refractivity contribution < 1.29 is 4.39 Å². The number of hydrogen-bond acceptors (Lipinski definition) is 3. The van der Waals surface area contributed by atoms with Gasteiger partial charge in [0, 0.05) is 0 Å². The molecule has 0 amide bonds. The number of hydrogen-bond donors (Lipinski definition) is 1. The number of aromatic nitrogens is 3. The summed E-state index contributed by atoms with van der Waals surface area (Å²) in [5.41, 5.74) is 3.82. The molecule has 1 atom stereocenters. The molecule has 5 heteroatoms. The van der Waals surface area contributed by atoms with Gasteiger partial charge in [0.25, 0.3) is 0 Å². The van der Waals surface area contributed by atoms with E-state index in [1.54, 1.807) is 6.07 Å². The lowest BCUT2D eigenvalue weighted by molar-refractivity contribution is 0.520. The molecule has 0 aliphatic carbocycles. The lowest BCUT2D eigenvalue weighted by atomic mass is 10.1. The molecule has 0 saturated heterocycles. The summed E-state index contributed by atoms with van der Waals surface area (Å²) in [5.74, 6) is -0.228. The van der Waals surface area contributed by atoms with Crippen molar-refractivity contribution in [2.75, 3.05) is 6.54 Å². The number of nitrogens with one attached hydrogen (secondary N) is 1. The van der Waals surface area contributed by atoms with E-state index in [0.29, 0.717) is 0 Å². The molecule has 0 radical (unpaired) electrons. The molecule has 0 aliphatic heterocycles. The molecule has 114 valence electrons. The Kier molecular flexibility index (Phi) is 5.07. The van der Waals surface area contributed by atoms with Crippen molar-refractivity contribution in [3.05, 3.63) is 41.0 Å². The number of nitrogens with zero attached hydrogens (tertiary/aromatic N) is 3. The highest BCUT2D eigenvalue weighted by molar-refractivity contribution is 5.41. The molecule has 1 N–H and O–H groups in total. The Hall–Kier alpha value is -1.75. The highest BCUT2D eigenvalue weighted by Gasteiger charge is 2.20. The van der Waals surface area contributed by atoms with E-state index in [-0.39, 0.29) is 11.9 Å². The van der Waals surface area contributed by atoms with Crippen LogP contribution in [0, 0.1) is 12.7 Å². The second-order valence-corrected chi connectivity index (χ2v) is 5.14. The molecule has 0 bridgehead atoms. The summed E-state index contributed by atoms with van der Waals surface area (Å²) < 4.78 is 15.1. The molecule has 2 rings (SSSR count). The molecule has 0 fully saturated rings. The number of rotatable bonds is 6. The molecule has 1 heterocycles. The first-order chi connectivity index (χ1) is 10.1. The van der Waals surface area contributed by atoms with E-state index in [4.69, 9.17) is 0 Å². The molecule has 4 nitrogen and oxygen atoms in total. The Morgan fingerprint density at radius 3 is 2.62 bits per heavy atom. The zero-order valence-electron chi connectivity index (χ0n) is 13.2. The van der Waals surface area contributed by atoms with Gasteiger partial charge in [-0.3, -0.25) is 0 Å². The second-order valence-electron chi connectivity index (χ2n) is 5.14. The zero-order chi connectivity index (χ0) is 15.4. The lowest BCUT2D eigenvalue weighted by Crippen LogP contribution is -2.21. The fourth-order valence-corrected chi connectivity index (χ4v) is 2.65. The van der Waals surface area contributed by atoms with E-state index in [1.807, 2.05) is 11.6 Å². The van der Waals surface area contributed by atoms with Gasteiger partial charge in [-0.15, -0.1) is 5.10 Å². The van der Waals surface area contributed by atoms with Crippen LogP contribution in [0.15, 0.2) is 18.2 Å². The highest BCUT2D eigenvalue weighted by Crippen LogP contribution is 2.23. The van der Waals surface area contributed by atoms with Crippen molar-refractivity contribution in [1.29, 1.82) is 0 Å². The largest absolute Gasteiger partial charge is 0.309 e. The van der Waals surface area contributed by atoms with Crippen molar-refractivity contribution in [2.45, 2.75) is 46.6 Å². The molecule has 0 aliphatic rings. The Bertz CT molecular complexity index is 606. The SMILES string of the molecule is CCNC(CC)c1nnn(-c2ccc(F)cc2C)c1CC. The summed E-state index contributed by atoms with van der Waals surface area (Å²) in [5, 5.41) is 12.1. The standard InChI is InChI=1S/C16H23FN4/c1-5-13(18-7-3)16-14(6-2)21(20-19-16)15-9-8-12(17)10-11(15)4/h8-10,13,18H,5-7H2,1-4H3. The van der Waals surface area contributed by atoms with E-state index in [1.165, 1.54) is 12.1 Å². The van der Waals surface area contributed by atoms with E-state index in [9.17, 15) is 4.39 Å². The van der Waals surface area contributed by atoms with Crippen molar-refractivity contribution in [3.63, 3.8) is 0 Å². The van der Waals surface area contributed by atoms with Crippen molar-refractivity contribution in [1.82, 2.24) is 20.3 Å². The fourth-order valence-electron chi connectivity index (χ4n) is 2.65. The first kappa shape index (κ1) is 15.6. The van der Waals surface area contributed by atoms with Crippen molar-refractivity contribution in [2.24, 2.45) is 0 Å². The van der Waals surface area contributed by atoms with E-state index in [2.05, 4.69) is 36.4 Å². The molecular formula is C16H23FN4. The van der Waals surface area contributed by atoms with Gasteiger partial charge < -0.3 is 5.32 Å².